The number of hydrogen-bond acceptors (Lipinski definition) is 3. The number of carbonyl (C=O) groups is 2. The van der Waals surface area contributed by atoms with Crippen molar-refractivity contribution < 1.29 is 14.7 Å². The maximum atomic E-state index is 12.4. The van der Waals surface area contributed by atoms with Crippen LogP contribution in [0.25, 0.3) is 0 Å². The fourth-order valence-corrected chi connectivity index (χ4v) is 3.56. The molecule has 0 aliphatic rings. The van der Waals surface area contributed by atoms with Crippen molar-refractivity contribution in [2.24, 2.45) is 0 Å². The van der Waals surface area contributed by atoms with Gasteiger partial charge in [-0.1, -0.05) is 50.0 Å². The number of aliphatic hydroxyl groups is 1. The molecule has 0 aliphatic heterocycles. The van der Waals surface area contributed by atoms with Crippen LogP contribution in [0.1, 0.15) is 12.0 Å². The summed E-state index contributed by atoms with van der Waals surface area (Å²) in [5.74, 6) is -0.419. The van der Waals surface area contributed by atoms with Crippen molar-refractivity contribution in [3.63, 3.8) is 0 Å². The number of hydrogen-bond donors (Lipinski definition) is 2. The summed E-state index contributed by atoms with van der Waals surface area (Å²) in [6.45, 7) is 6.99. The molecule has 0 radical (unpaired) electrons. The van der Waals surface area contributed by atoms with Gasteiger partial charge in [-0.2, -0.15) is 0 Å². The Balaban J connectivity index is 2.64. The largest absolute Gasteiger partial charge is 0.387 e. The third-order valence-corrected chi connectivity index (χ3v) is 4.37. The summed E-state index contributed by atoms with van der Waals surface area (Å²) in [7, 11) is -1.43. The summed E-state index contributed by atoms with van der Waals surface area (Å²) < 4.78 is 0. The van der Waals surface area contributed by atoms with E-state index < -0.39 is 20.6 Å². The van der Waals surface area contributed by atoms with Crippen LogP contribution in [-0.4, -0.2) is 49.2 Å². The Morgan fingerprint density at radius 1 is 1.18 bits per heavy atom. The van der Waals surface area contributed by atoms with Crippen molar-refractivity contribution in [1.29, 1.82) is 0 Å². The molecule has 1 aromatic carbocycles. The second-order valence-electron chi connectivity index (χ2n) is 6.55. The van der Waals surface area contributed by atoms with Crippen LogP contribution in [0.15, 0.2) is 30.3 Å². The highest BCUT2D eigenvalue weighted by molar-refractivity contribution is 6.76. The van der Waals surface area contributed by atoms with E-state index in [1.54, 1.807) is 0 Å². The van der Waals surface area contributed by atoms with Crippen LogP contribution >= 0.6 is 0 Å². The molecular weight excluding hydrogens is 296 g/mol. The zero-order valence-electron chi connectivity index (χ0n) is 13.6. The first-order valence-electron chi connectivity index (χ1n) is 7.51. The fourth-order valence-electron chi connectivity index (χ4n) is 2.13. The molecule has 0 fully saturated rings. The second kappa shape index (κ2) is 8.70. The zero-order chi connectivity index (χ0) is 16.6. The molecule has 0 bridgehead atoms. The molecule has 5 nitrogen and oxygen atoms in total. The summed E-state index contributed by atoms with van der Waals surface area (Å²) in [6.07, 6.45) is 1.04. The van der Waals surface area contributed by atoms with Gasteiger partial charge in [-0.3, -0.25) is 9.59 Å². The standard InChI is InChI=1S/C16H26N2O3Si/c1-22(2,3)13-18(11-14-7-5-4-6-8-14)16(21)9-10-17-15(20)12-19/h4-8,19H,9-13H2,1-3H3,(H,17,20). The lowest BCUT2D eigenvalue weighted by atomic mass is 10.2. The molecule has 122 valence electrons. The van der Waals surface area contributed by atoms with Gasteiger partial charge in [0.25, 0.3) is 0 Å². The van der Waals surface area contributed by atoms with E-state index in [2.05, 4.69) is 25.0 Å². The molecule has 0 spiro atoms. The van der Waals surface area contributed by atoms with Gasteiger partial charge in [0.1, 0.15) is 6.61 Å². The SMILES string of the molecule is C[Si](C)(C)CN(Cc1ccccc1)C(=O)CCNC(=O)CO. The molecule has 1 rings (SSSR count). The molecule has 0 aromatic heterocycles. The van der Waals surface area contributed by atoms with Crippen molar-refractivity contribution in [1.82, 2.24) is 10.2 Å². The Labute approximate surface area is 133 Å². The van der Waals surface area contributed by atoms with Crippen LogP contribution < -0.4 is 5.32 Å². The van der Waals surface area contributed by atoms with E-state index in [9.17, 15) is 9.59 Å². The number of nitrogens with zero attached hydrogens (tertiary/aromatic N) is 1. The normalized spacial score (nSPS) is 11.1. The summed E-state index contributed by atoms with van der Waals surface area (Å²) in [6, 6.07) is 9.91. The van der Waals surface area contributed by atoms with Gasteiger partial charge in [0, 0.05) is 25.7 Å². The molecule has 0 unspecified atom stereocenters. The molecule has 0 saturated carbocycles. The van der Waals surface area contributed by atoms with Crippen molar-refractivity contribution in [2.45, 2.75) is 32.6 Å². The summed E-state index contributed by atoms with van der Waals surface area (Å²) in [5, 5.41) is 11.2. The first-order valence-corrected chi connectivity index (χ1v) is 11.2. The summed E-state index contributed by atoms with van der Waals surface area (Å²) in [5.41, 5.74) is 1.11. The summed E-state index contributed by atoms with van der Waals surface area (Å²) in [4.78, 5) is 25.3. The Kier molecular flexibility index (Phi) is 7.27. The Hall–Kier alpha value is -1.66. The zero-order valence-corrected chi connectivity index (χ0v) is 14.6. The number of rotatable bonds is 8. The van der Waals surface area contributed by atoms with Gasteiger partial charge < -0.3 is 15.3 Å². The molecule has 2 N–H and O–H groups in total. The maximum absolute atomic E-state index is 12.4. The highest BCUT2D eigenvalue weighted by Crippen LogP contribution is 2.11. The molecule has 0 saturated heterocycles. The van der Waals surface area contributed by atoms with E-state index in [0.29, 0.717) is 6.54 Å². The lowest BCUT2D eigenvalue weighted by Crippen LogP contribution is -2.44. The van der Waals surface area contributed by atoms with Crippen LogP contribution in [0.4, 0.5) is 0 Å². The van der Waals surface area contributed by atoms with Crippen molar-refractivity contribution >= 4 is 19.9 Å². The van der Waals surface area contributed by atoms with E-state index in [-0.39, 0.29) is 18.9 Å². The van der Waals surface area contributed by atoms with E-state index in [1.807, 2.05) is 35.2 Å². The van der Waals surface area contributed by atoms with Crippen LogP contribution in [0.2, 0.25) is 19.6 Å². The van der Waals surface area contributed by atoms with Crippen LogP contribution in [-0.2, 0) is 16.1 Å². The van der Waals surface area contributed by atoms with Gasteiger partial charge in [-0.25, -0.2) is 0 Å². The van der Waals surface area contributed by atoms with Crippen molar-refractivity contribution in [2.75, 3.05) is 19.3 Å². The average Bonchev–Trinajstić information content (AvgIpc) is 2.46. The minimum atomic E-state index is -1.43. The summed E-state index contributed by atoms with van der Waals surface area (Å²) >= 11 is 0. The van der Waals surface area contributed by atoms with Gasteiger partial charge >= 0.3 is 0 Å². The van der Waals surface area contributed by atoms with E-state index >= 15 is 0 Å². The quantitative estimate of drug-likeness (QED) is 0.711. The molecule has 6 heteroatoms. The monoisotopic (exact) mass is 322 g/mol. The number of benzene rings is 1. The minimum Gasteiger partial charge on any atom is -0.387 e. The fraction of sp³-hybridized carbons (Fsp3) is 0.500. The van der Waals surface area contributed by atoms with Crippen LogP contribution in [0.5, 0.6) is 0 Å². The van der Waals surface area contributed by atoms with E-state index in [0.717, 1.165) is 11.7 Å². The number of carbonyl (C=O) groups excluding carboxylic acids is 2. The van der Waals surface area contributed by atoms with E-state index in [4.69, 9.17) is 5.11 Å². The average molecular weight is 322 g/mol. The molecule has 0 heterocycles. The molecule has 1 aromatic rings. The van der Waals surface area contributed by atoms with Gasteiger partial charge in [-0.05, 0) is 5.56 Å². The first-order chi connectivity index (χ1) is 10.3. The Morgan fingerprint density at radius 2 is 1.82 bits per heavy atom. The number of nitrogens with one attached hydrogen (secondary N) is 1. The lowest BCUT2D eigenvalue weighted by molar-refractivity contribution is -0.131. The molecule has 2 amide bonds. The lowest BCUT2D eigenvalue weighted by Gasteiger charge is -2.29. The molecule has 0 atom stereocenters. The third-order valence-electron chi connectivity index (χ3n) is 3.04. The Morgan fingerprint density at radius 3 is 2.36 bits per heavy atom. The predicted octanol–water partition coefficient (Wildman–Crippen LogP) is 1.39. The Bertz CT molecular complexity index is 486. The smallest absolute Gasteiger partial charge is 0.245 e. The van der Waals surface area contributed by atoms with Gasteiger partial charge in [0.2, 0.25) is 11.8 Å². The van der Waals surface area contributed by atoms with Gasteiger partial charge in [-0.15, -0.1) is 0 Å². The topological polar surface area (TPSA) is 69.6 Å². The molecule has 22 heavy (non-hydrogen) atoms. The van der Waals surface area contributed by atoms with Crippen LogP contribution in [0.3, 0.4) is 0 Å². The number of aliphatic hydroxyl groups excluding tert-OH is 1. The van der Waals surface area contributed by atoms with Crippen molar-refractivity contribution in [3.8, 4) is 0 Å². The number of amides is 2. The maximum Gasteiger partial charge on any atom is 0.245 e. The third kappa shape index (κ3) is 7.38. The second-order valence-corrected chi connectivity index (χ2v) is 12.0. The predicted molar refractivity (Wildman–Crippen MR) is 89.9 cm³/mol. The van der Waals surface area contributed by atoms with Crippen molar-refractivity contribution in [3.05, 3.63) is 35.9 Å². The molecular formula is C16H26N2O3Si. The highest BCUT2D eigenvalue weighted by Gasteiger charge is 2.22. The first kappa shape index (κ1) is 18.4. The van der Waals surface area contributed by atoms with Crippen LogP contribution in [0, 0.1) is 0 Å². The van der Waals surface area contributed by atoms with Gasteiger partial charge in [0.15, 0.2) is 0 Å². The van der Waals surface area contributed by atoms with E-state index in [1.165, 1.54) is 0 Å². The van der Waals surface area contributed by atoms with Gasteiger partial charge in [0.05, 0.1) is 8.07 Å². The highest BCUT2D eigenvalue weighted by atomic mass is 28.3. The minimum absolute atomic E-state index is 0.0320. The molecule has 0 aliphatic carbocycles.